The molecule has 1 aliphatic heterocycles. The van der Waals surface area contributed by atoms with Crippen LogP contribution in [0.25, 0.3) is 0 Å². The van der Waals surface area contributed by atoms with E-state index in [0.717, 1.165) is 37.7 Å². The highest BCUT2D eigenvalue weighted by molar-refractivity contribution is 7.10. The first-order chi connectivity index (χ1) is 15.6. The first kappa shape index (κ1) is 22.5. The summed E-state index contributed by atoms with van der Waals surface area (Å²) >= 11 is 1.70. The van der Waals surface area contributed by atoms with Crippen molar-refractivity contribution in [3.63, 3.8) is 0 Å². The fourth-order valence-corrected chi connectivity index (χ4v) is 4.72. The molecule has 4 rings (SSSR count). The van der Waals surface area contributed by atoms with Crippen molar-refractivity contribution in [2.24, 2.45) is 0 Å². The number of nitrogens with one attached hydrogen (secondary N) is 2. The minimum absolute atomic E-state index is 0.00865. The third kappa shape index (κ3) is 5.76. The number of morpholine rings is 1. The Hall–Kier alpha value is -2.67. The van der Waals surface area contributed by atoms with Gasteiger partial charge in [-0.05, 0) is 52.8 Å². The van der Waals surface area contributed by atoms with Crippen LogP contribution < -0.4 is 15.5 Å². The van der Waals surface area contributed by atoms with Crippen molar-refractivity contribution in [2.75, 3.05) is 43.1 Å². The van der Waals surface area contributed by atoms with Crippen LogP contribution in [0.2, 0.25) is 0 Å². The number of thiophene rings is 1. The number of nitrogens with zero attached hydrogens (tertiary/aromatic N) is 1. The summed E-state index contributed by atoms with van der Waals surface area (Å²) in [5, 5.41) is 8.53. The molecule has 2 aromatic carbocycles. The van der Waals surface area contributed by atoms with Gasteiger partial charge < -0.3 is 15.0 Å². The molecular formula is C26H31N3O2S. The third-order valence-corrected chi connectivity index (χ3v) is 6.70. The molecule has 5 nitrogen and oxygen atoms in total. The highest BCUT2D eigenvalue weighted by Gasteiger charge is 2.17. The van der Waals surface area contributed by atoms with Crippen LogP contribution in [0, 0.1) is 0 Å². The van der Waals surface area contributed by atoms with Gasteiger partial charge in [0.2, 0.25) is 5.91 Å². The maximum Gasteiger partial charge on any atom is 0.238 e. The van der Waals surface area contributed by atoms with E-state index in [4.69, 9.17) is 4.74 Å². The largest absolute Gasteiger partial charge is 0.378 e. The summed E-state index contributed by atoms with van der Waals surface area (Å²) in [6.45, 7) is 7.95. The lowest BCUT2D eigenvalue weighted by Crippen LogP contribution is -2.36. The summed E-state index contributed by atoms with van der Waals surface area (Å²) in [7, 11) is 0. The lowest BCUT2D eigenvalue weighted by atomic mass is 9.98. The van der Waals surface area contributed by atoms with E-state index < -0.39 is 0 Å². The fraction of sp³-hybridized carbons (Fsp3) is 0.346. The molecule has 3 aromatic rings. The van der Waals surface area contributed by atoms with E-state index in [9.17, 15) is 4.79 Å². The highest BCUT2D eigenvalue weighted by Crippen LogP contribution is 2.27. The number of benzene rings is 2. The van der Waals surface area contributed by atoms with Crippen molar-refractivity contribution >= 4 is 28.6 Å². The lowest BCUT2D eigenvalue weighted by molar-refractivity contribution is -0.115. The molecular weight excluding hydrogens is 418 g/mol. The number of amides is 1. The molecule has 0 bridgehead atoms. The van der Waals surface area contributed by atoms with Crippen molar-refractivity contribution in [1.29, 1.82) is 0 Å². The molecule has 2 heterocycles. The Balaban J connectivity index is 1.37. The minimum atomic E-state index is -0.0514. The molecule has 1 unspecified atom stereocenters. The molecule has 0 spiro atoms. The monoisotopic (exact) mass is 449 g/mol. The third-order valence-electron chi connectivity index (χ3n) is 5.76. The highest BCUT2D eigenvalue weighted by atomic mass is 32.1. The average molecular weight is 450 g/mol. The molecule has 1 atom stereocenters. The Labute approximate surface area is 194 Å². The molecule has 0 saturated carbocycles. The average Bonchev–Trinajstić information content (AvgIpc) is 3.35. The van der Waals surface area contributed by atoms with Crippen molar-refractivity contribution in [3.8, 4) is 0 Å². The molecule has 0 radical (unpaired) electrons. The SMILES string of the molecule is CC(C)c1ccc(C(NCC(=O)Nc2ccc(N3CCOCC3)cc2)c2cccs2)cc1. The summed E-state index contributed by atoms with van der Waals surface area (Å²) in [6, 6.07) is 20.9. The van der Waals surface area contributed by atoms with Gasteiger partial charge in [-0.15, -0.1) is 11.3 Å². The summed E-state index contributed by atoms with van der Waals surface area (Å²) in [6.07, 6.45) is 0. The smallest absolute Gasteiger partial charge is 0.238 e. The van der Waals surface area contributed by atoms with Crippen LogP contribution in [0.4, 0.5) is 11.4 Å². The predicted molar refractivity (Wildman–Crippen MR) is 133 cm³/mol. The van der Waals surface area contributed by atoms with E-state index in [1.54, 1.807) is 11.3 Å². The van der Waals surface area contributed by atoms with Crippen LogP contribution in [-0.2, 0) is 9.53 Å². The maximum atomic E-state index is 12.7. The summed E-state index contributed by atoms with van der Waals surface area (Å²) in [5.74, 6) is 0.446. The summed E-state index contributed by atoms with van der Waals surface area (Å²) in [5.41, 5.74) is 4.45. The molecule has 32 heavy (non-hydrogen) atoms. The Morgan fingerprint density at radius 2 is 1.69 bits per heavy atom. The predicted octanol–water partition coefficient (Wildman–Crippen LogP) is 5.03. The van der Waals surface area contributed by atoms with Gasteiger partial charge in [0, 0.05) is 29.3 Å². The van der Waals surface area contributed by atoms with E-state index in [-0.39, 0.29) is 18.5 Å². The zero-order chi connectivity index (χ0) is 22.3. The quantitative estimate of drug-likeness (QED) is 0.507. The van der Waals surface area contributed by atoms with Gasteiger partial charge in [0.25, 0.3) is 0 Å². The van der Waals surface area contributed by atoms with Gasteiger partial charge in [-0.2, -0.15) is 0 Å². The normalized spacial score (nSPS) is 15.0. The van der Waals surface area contributed by atoms with Crippen molar-refractivity contribution in [2.45, 2.75) is 25.8 Å². The number of rotatable bonds is 8. The fourth-order valence-electron chi connectivity index (χ4n) is 3.89. The van der Waals surface area contributed by atoms with Crippen LogP contribution in [0.3, 0.4) is 0 Å². The number of hydrogen-bond donors (Lipinski definition) is 2. The van der Waals surface area contributed by atoms with E-state index in [0.29, 0.717) is 5.92 Å². The van der Waals surface area contributed by atoms with Gasteiger partial charge in [0.1, 0.15) is 0 Å². The van der Waals surface area contributed by atoms with Crippen LogP contribution in [0.15, 0.2) is 66.0 Å². The van der Waals surface area contributed by atoms with Gasteiger partial charge in [0.15, 0.2) is 0 Å². The topological polar surface area (TPSA) is 53.6 Å². The van der Waals surface area contributed by atoms with Crippen molar-refractivity contribution < 1.29 is 9.53 Å². The zero-order valence-corrected chi connectivity index (χ0v) is 19.5. The molecule has 2 N–H and O–H groups in total. The molecule has 1 amide bonds. The molecule has 1 saturated heterocycles. The Morgan fingerprint density at radius 3 is 2.31 bits per heavy atom. The second-order valence-corrected chi connectivity index (χ2v) is 9.32. The first-order valence-corrected chi connectivity index (χ1v) is 12.1. The molecule has 0 aliphatic carbocycles. The van der Waals surface area contributed by atoms with Crippen LogP contribution in [-0.4, -0.2) is 38.8 Å². The summed E-state index contributed by atoms with van der Waals surface area (Å²) in [4.78, 5) is 16.1. The number of ether oxygens (including phenoxy) is 1. The lowest BCUT2D eigenvalue weighted by Gasteiger charge is -2.28. The Bertz CT molecular complexity index is 979. The van der Waals surface area contributed by atoms with Gasteiger partial charge in [0.05, 0.1) is 25.8 Å². The Kier molecular flexibility index (Phi) is 7.58. The van der Waals surface area contributed by atoms with E-state index >= 15 is 0 Å². The molecule has 1 fully saturated rings. The second-order valence-electron chi connectivity index (χ2n) is 8.35. The summed E-state index contributed by atoms with van der Waals surface area (Å²) < 4.78 is 5.41. The maximum absolute atomic E-state index is 12.7. The molecule has 1 aliphatic rings. The molecule has 1 aromatic heterocycles. The Morgan fingerprint density at radius 1 is 1.00 bits per heavy atom. The van der Waals surface area contributed by atoms with Crippen molar-refractivity contribution in [1.82, 2.24) is 5.32 Å². The number of carbonyl (C=O) groups is 1. The minimum Gasteiger partial charge on any atom is -0.378 e. The number of carbonyl (C=O) groups excluding carboxylic acids is 1. The first-order valence-electron chi connectivity index (χ1n) is 11.2. The van der Waals surface area contributed by atoms with Gasteiger partial charge in [-0.3, -0.25) is 10.1 Å². The van der Waals surface area contributed by atoms with Crippen LogP contribution in [0.1, 0.15) is 41.8 Å². The van der Waals surface area contributed by atoms with Gasteiger partial charge >= 0.3 is 0 Å². The van der Waals surface area contributed by atoms with Gasteiger partial charge in [-0.25, -0.2) is 0 Å². The number of anilines is 2. The second kappa shape index (κ2) is 10.8. The van der Waals surface area contributed by atoms with Crippen LogP contribution in [0.5, 0.6) is 0 Å². The standard InChI is InChI=1S/C26H31N3O2S/c1-19(2)20-5-7-21(8-6-20)26(24-4-3-17-32-24)27-18-25(30)28-22-9-11-23(12-10-22)29-13-15-31-16-14-29/h3-12,17,19,26-27H,13-16,18H2,1-2H3,(H,28,30). The zero-order valence-electron chi connectivity index (χ0n) is 18.7. The van der Waals surface area contributed by atoms with Crippen LogP contribution >= 0.6 is 11.3 Å². The number of hydrogen-bond acceptors (Lipinski definition) is 5. The van der Waals surface area contributed by atoms with E-state index in [1.165, 1.54) is 16.0 Å². The van der Waals surface area contributed by atoms with Crippen molar-refractivity contribution in [3.05, 3.63) is 82.0 Å². The molecule has 168 valence electrons. The van der Waals surface area contributed by atoms with E-state index in [2.05, 4.69) is 77.2 Å². The van der Waals surface area contributed by atoms with Gasteiger partial charge in [-0.1, -0.05) is 44.2 Å². The van der Waals surface area contributed by atoms with E-state index in [1.807, 2.05) is 18.2 Å². The molecule has 6 heteroatoms.